The quantitative estimate of drug-likeness (QED) is 0.0205. The highest BCUT2D eigenvalue weighted by atomic mass is 127. The zero-order valence-corrected chi connectivity index (χ0v) is 55.3. The van der Waals surface area contributed by atoms with Crippen LogP contribution in [0.1, 0.15) is 105 Å². The van der Waals surface area contributed by atoms with E-state index in [0.29, 0.717) is 66.1 Å². The Morgan fingerprint density at radius 3 is 1.80 bits per heavy atom. The number of urea groups is 2. The molecule has 0 saturated carbocycles. The van der Waals surface area contributed by atoms with Gasteiger partial charge in [0, 0.05) is 112 Å². The number of hydrogen-bond acceptors (Lipinski definition) is 18. The summed E-state index contributed by atoms with van der Waals surface area (Å²) < 4.78 is 114. The number of anilines is 2. The standard InChI is InChI=1S/C27H26F3N5O5S.C18H22BF3N4O3S.C16H17IO4/c1-4-31-26(38)34-22-11-16(24-33-21(14-41-24)27(28,29)30)18(12-32-22)15-6-7-20-17(10-15)23(36)19(25(37)40-5-2)13-35(20)8-9-39-3;1-6-23-15(27)26-13-7-10(14-25-12(9-30-14)18(20,21)22)11(8-24-13)19-28-16(2,3)17(4,5)29-19;1-3-21-16(19)14-8-10(6-7-20-2)12-5-4-11(17)9-13(12)15(14)18/h6-7,10-14H,4-5,8-9H2,1-3H3,(H2,31,32,34,38);7-9H,6H2,1-5H3,(H2,23,24,26,27);4-5,8-10H,3,6-7H2,1-2H3. The number of carbonyl (C=O) groups is 5. The van der Waals surface area contributed by atoms with Crippen molar-refractivity contribution < 1.29 is 78.6 Å². The normalized spacial score (nSPS) is 14.8. The summed E-state index contributed by atoms with van der Waals surface area (Å²) in [7, 11) is 2.31. The van der Waals surface area contributed by atoms with Gasteiger partial charge in [0.25, 0.3) is 0 Å². The first kappa shape index (κ1) is 71.8. The Labute approximate surface area is 546 Å². The first-order valence-corrected chi connectivity index (χ1v) is 31.4. The van der Waals surface area contributed by atoms with E-state index in [9.17, 15) is 55.1 Å². The lowest BCUT2D eigenvalue weighted by atomic mass is 9.77. The number of methoxy groups -OCH3 is 2. The molecule has 92 heavy (non-hydrogen) atoms. The molecular formula is C61H65BF6IN9O12S2. The number of thiazole rings is 2. The number of ether oxygens (including phenoxy) is 4. The Morgan fingerprint density at radius 2 is 1.26 bits per heavy atom. The molecule has 6 heterocycles. The van der Waals surface area contributed by atoms with Crippen LogP contribution in [0.25, 0.3) is 43.2 Å². The fraction of sp³-hybridized carbons (Fsp3) is 0.377. The smallest absolute Gasteiger partial charge is 0.462 e. The number of halogens is 7. The highest BCUT2D eigenvalue weighted by Gasteiger charge is 2.53. The monoisotopic (exact) mass is 1430 g/mol. The molecule has 2 aliphatic rings. The molecule has 7 aromatic rings. The van der Waals surface area contributed by atoms with Crippen LogP contribution in [0, 0.1) is 3.57 Å². The van der Waals surface area contributed by atoms with Gasteiger partial charge in [0.05, 0.1) is 36.5 Å². The van der Waals surface area contributed by atoms with E-state index in [4.69, 9.17) is 28.3 Å². The van der Waals surface area contributed by atoms with E-state index in [1.807, 2.05) is 45.9 Å². The van der Waals surface area contributed by atoms with Crippen molar-refractivity contribution in [3.8, 4) is 32.3 Å². The number of fused-ring (bicyclic) bond motifs is 2. The first-order valence-electron chi connectivity index (χ1n) is 28.6. The Morgan fingerprint density at radius 1 is 0.707 bits per heavy atom. The zero-order chi connectivity index (χ0) is 67.5. The number of allylic oxidation sites excluding steroid dienone is 1. The summed E-state index contributed by atoms with van der Waals surface area (Å²) in [5.41, 5.74) is -0.0523. The van der Waals surface area contributed by atoms with Crippen LogP contribution in [0.2, 0.25) is 0 Å². The maximum atomic E-state index is 13.4. The van der Waals surface area contributed by atoms with Gasteiger partial charge in [-0.05, 0) is 132 Å². The summed E-state index contributed by atoms with van der Waals surface area (Å²) in [6.45, 7) is 16.6. The number of benzene rings is 2. The van der Waals surface area contributed by atoms with Crippen LogP contribution >= 0.6 is 45.3 Å². The van der Waals surface area contributed by atoms with Crippen molar-refractivity contribution in [3.63, 3.8) is 0 Å². The van der Waals surface area contributed by atoms with Gasteiger partial charge in [-0.25, -0.2) is 39.1 Å². The van der Waals surface area contributed by atoms with Gasteiger partial charge in [0.1, 0.15) is 32.8 Å². The van der Waals surface area contributed by atoms with Gasteiger partial charge in [0.2, 0.25) is 5.43 Å². The number of carbonyl (C=O) groups excluding carboxylic acids is 5. The molecule has 2 aromatic carbocycles. The van der Waals surface area contributed by atoms with E-state index in [1.165, 1.54) is 37.8 Å². The maximum absolute atomic E-state index is 13.4. The average molecular weight is 1430 g/mol. The molecule has 1 fully saturated rings. The highest BCUT2D eigenvalue weighted by Crippen LogP contribution is 2.41. The number of nitrogens with one attached hydrogen (secondary N) is 4. The first-order chi connectivity index (χ1) is 43.5. The molecule has 0 radical (unpaired) electrons. The fourth-order valence-electron chi connectivity index (χ4n) is 9.21. The largest absolute Gasteiger partial charge is 0.497 e. The average Bonchev–Trinajstić information content (AvgIpc) is 1.29. The molecular weight excluding hydrogens is 1370 g/mol. The van der Waals surface area contributed by atoms with Crippen LogP contribution in [0.5, 0.6) is 0 Å². The van der Waals surface area contributed by atoms with Crippen molar-refractivity contribution in [1.29, 1.82) is 0 Å². The molecule has 1 aliphatic heterocycles. The van der Waals surface area contributed by atoms with Crippen molar-refractivity contribution in [2.75, 3.05) is 64.4 Å². The molecule has 1 saturated heterocycles. The van der Waals surface area contributed by atoms with Gasteiger partial charge in [0.15, 0.2) is 17.2 Å². The van der Waals surface area contributed by atoms with E-state index < -0.39 is 71.5 Å². The Kier molecular flexibility index (Phi) is 24.0. The van der Waals surface area contributed by atoms with Crippen LogP contribution in [0.4, 0.5) is 47.6 Å². The van der Waals surface area contributed by atoms with Crippen LogP contribution in [-0.2, 0) is 51.9 Å². The van der Waals surface area contributed by atoms with Crippen molar-refractivity contribution >= 4 is 110 Å². The van der Waals surface area contributed by atoms with E-state index >= 15 is 0 Å². The minimum atomic E-state index is -4.65. The van der Waals surface area contributed by atoms with Crippen molar-refractivity contribution in [1.82, 2.24) is 35.1 Å². The SMILES string of the molecule is CCNC(=O)Nc1cc(-c2nc(C(F)(F)F)cs2)c(-c2ccc3c(c2)c(=O)c(C(=O)OCC)cn3CCOC)cn1.CCNC(=O)Nc1cc(-c2nc(C(F)(F)F)cs2)c(B2OC(C)(C)C(C)(C)O2)cn1.CCOC(=O)C1=CC(CCOC)c2ccc(I)cc2C1=O. The molecule has 5 aromatic heterocycles. The summed E-state index contributed by atoms with van der Waals surface area (Å²) in [5, 5.41) is 12.4. The Hall–Kier alpha value is -7.69. The molecule has 31 heteroatoms. The van der Waals surface area contributed by atoms with Crippen molar-refractivity contribution in [3.05, 3.63) is 131 Å². The third-order valence-corrected chi connectivity index (χ3v) is 16.8. The van der Waals surface area contributed by atoms with E-state index in [0.717, 1.165) is 49.0 Å². The Balaban J connectivity index is 0.000000207. The summed E-state index contributed by atoms with van der Waals surface area (Å²) in [4.78, 5) is 90.3. The highest BCUT2D eigenvalue weighted by molar-refractivity contribution is 14.1. The minimum Gasteiger partial charge on any atom is -0.462 e. The molecule has 4 N–H and O–H groups in total. The zero-order valence-electron chi connectivity index (χ0n) is 51.5. The minimum absolute atomic E-state index is 0.00550. The van der Waals surface area contributed by atoms with E-state index in [2.05, 4.69) is 63.8 Å². The number of pyridine rings is 3. The molecule has 1 aliphatic carbocycles. The van der Waals surface area contributed by atoms with Gasteiger partial charge in [-0.15, -0.1) is 22.7 Å². The van der Waals surface area contributed by atoms with Gasteiger partial charge >= 0.3 is 43.5 Å². The van der Waals surface area contributed by atoms with E-state index in [-0.39, 0.29) is 68.7 Å². The molecule has 4 amide bonds. The third kappa shape index (κ3) is 17.3. The predicted molar refractivity (Wildman–Crippen MR) is 344 cm³/mol. The van der Waals surface area contributed by atoms with Gasteiger partial charge < -0.3 is 43.5 Å². The Bertz CT molecular complexity index is 3940. The van der Waals surface area contributed by atoms with Crippen molar-refractivity contribution in [2.45, 2.75) is 97.8 Å². The summed E-state index contributed by atoms with van der Waals surface area (Å²) >= 11 is 3.78. The molecule has 1 unspecified atom stereocenters. The number of hydrogen-bond donors (Lipinski definition) is 4. The lowest BCUT2D eigenvalue weighted by molar-refractivity contribution is -0.141. The summed E-state index contributed by atoms with van der Waals surface area (Å²) in [5.74, 6) is -1.33. The number of nitrogens with zero attached hydrogens (tertiary/aromatic N) is 5. The topological polar surface area (TPSA) is 262 Å². The molecule has 0 bridgehead atoms. The second-order valence-corrected chi connectivity index (χ2v) is 24.1. The number of ketones is 1. The second-order valence-electron chi connectivity index (χ2n) is 21.2. The van der Waals surface area contributed by atoms with Crippen LogP contribution in [0.15, 0.2) is 94.3 Å². The maximum Gasteiger partial charge on any atom is 0.497 e. The number of rotatable bonds is 18. The van der Waals surface area contributed by atoms with Crippen LogP contribution in [0.3, 0.4) is 0 Å². The summed E-state index contributed by atoms with van der Waals surface area (Å²) in [6, 6.07) is 12.5. The molecule has 9 rings (SSSR count). The fourth-order valence-corrected chi connectivity index (χ4v) is 11.4. The third-order valence-electron chi connectivity index (χ3n) is 14.4. The lowest BCUT2D eigenvalue weighted by Crippen LogP contribution is -2.41. The number of aromatic nitrogens is 5. The van der Waals surface area contributed by atoms with Crippen LogP contribution in [-0.4, -0.2) is 126 Å². The second kappa shape index (κ2) is 30.8. The number of alkyl halides is 6. The number of esters is 2. The number of Topliss-reactive ketones (excluding diaryl/α,β-unsaturated/α-hetero) is 1. The van der Waals surface area contributed by atoms with E-state index in [1.54, 1.807) is 63.6 Å². The lowest BCUT2D eigenvalue weighted by Gasteiger charge is -2.32. The molecule has 490 valence electrons. The molecule has 0 spiro atoms. The van der Waals surface area contributed by atoms with Crippen LogP contribution < -0.4 is 32.2 Å². The predicted octanol–water partition coefficient (Wildman–Crippen LogP) is 11.9. The number of amides is 4. The molecule has 21 nitrogen and oxygen atoms in total. The van der Waals surface area contributed by atoms with Gasteiger partial charge in [-0.2, -0.15) is 26.3 Å². The van der Waals surface area contributed by atoms with Crippen molar-refractivity contribution in [2.24, 2.45) is 0 Å². The molecule has 1 atom stereocenters. The summed E-state index contributed by atoms with van der Waals surface area (Å²) in [6.07, 6.45) is -2.55. The van der Waals surface area contributed by atoms with Gasteiger partial charge in [-0.1, -0.05) is 18.2 Å². The van der Waals surface area contributed by atoms with Gasteiger partial charge in [-0.3, -0.25) is 20.2 Å².